The third-order valence-electron chi connectivity index (χ3n) is 2.72. The molecule has 0 amide bonds. The summed E-state index contributed by atoms with van der Waals surface area (Å²) in [6.07, 6.45) is 1.73. The molecule has 0 fully saturated rings. The van der Waals surface area contributed by atoms with Crippen LogP contribution >= 0.6 is 15.9 Å². The largest absolute Gasteiger partial charge is 0.373 e. The van der Waals surface area contributed by atoms with Crippen LogP contribution in [0.25, 0.3) is 0 Å². The molecule has 0 saturated heterocycles. The van der Waals surface area contributed by atoms with Crippen molar-refractivity contribution in [2.75, 3.05) is 17.7 Å². The van der Waals surface area contributed by atoms with Crippen LogP contribution in [-0.4, -0.2) is 17.0 Å². The highest BCUT2D eigenvalue weighted by atomic mass is 79.9. The zero-order chi connectivity index (χ0) is 14.5. The number of anilines is 3. The van der Waals surface area contributed by atoms with Gasteiger partial charge in [-0.25, -0.2) is 14.4 Å². The third kappa shape index (κ3) is 3.45. The lowest BCUT2D eigenvalue weighted by Gasteiger charge is -2.11. The van der Waals surface area contributed by atoms with E-state index in [4.69, 9.17) is 0 Å². The van der Waals surface area contributed by atoms with Gasteiger partial charge in [0.15, 0.2) is 0 Å². The number of nitrogens with zero attached hydrogens (tertiary/aromatic N) is 2. The van der Waals surface area contributed by atoms with Crippen LogP contribution in [0.2, 0.25) is 0 Å². The van der Waals surface area contributed by atoms with E-state index in [1.807, 2.05) is 0 Å². The fraction of sp³-hybridized carbons (Fsp3) is 0.286. The van der Waals surface area contributed by atoms with Crippen molar-refractivity contribution in [3.05, 3.63) is 40.4 Å². The van der Waals surface area contributed by atoms with E-state index in [0.717, 1.165) is 18.7 Å². The highest BCUT2D eigenvalue weighted by Crippen LogP contribution is 2.28. The molecule has 0 atom stereocenters. The lowest BCUT2D eigenvalue weighted by atomic mass is 10.3. The first-order valence-corrected chi connectivity index (χ1v) is 7.20. The van der Waals surface area contributed by atoms with Crippen LogP contribution in [-0.2, 0) is 6.42 Å². The molecule has 20 heavy (non-hydrogen) atoms. The van der Waals surface area contributed by atoms with Crippen LogP contribution < -0.4 is 10.6 Å². The van der Waals surface area contributed by atoms with Gasteiger partial charge in [0.25, 0.3) is 0 Å². The molecule has 0 radical (unpaired) electrons. The summed E-state index contributed by atoms with van der Waals surface area (Å²) in [5.74, 6) is 1.67. The molecule has 0 saturated carbocycles. The van der Waals surface area contributed by atoms with E-state index >= 15 is 0 Å². The van der Waals surface area contributed by atoms with Gasteiger partial charge in [-0.2, -0.15) is 0 Å². The maximum atomic E-state index is 13.8. The van der Waals surface area contributed by atoms with Gasteiger partial charge in [0.1, 0.15) is 23.3 Å². The predicted molar refractivity (Wildman–Crippen MR) is 83.0 cm³/mol. The number of rotatable bonds is 5. The minimum absolute atomic E-state index is 0.332. The van der Waals surface area contributed by atoms with E-state index in [2.05, 4.69) is 43.5 Å². The average Bonchev–Trinajstić information content (AvgIpc) is 2.43. The average molecular weight is 339 g/mol. The summed E-state index contributed by atoms with van der Waals surface area (Å²) in [7, 11) is 1.79. The standard InChI is InChI=1S/C14H16BrFN4/c1-3-5-11-18-12(17-2)8-13(19-11)20-14-9(15)6-4-7-10(14)16/h4,6-8H,3,5H2,1-2H3,(H2,17,18,19,20). The molecule has 0 bridgehead atoms. The van der Waals surface area contributed by atoms with Crippen molar-refractivity contribution in [2.45, 2.75) is 19.8 Å². The second-order valence-corrected chi connectivity index (χ2v) is 5.13. The molecule has 0 aliphatic rings. The highest BCUT2D eigenvalue weighted by molar-refractivity contribution is 9.10. The van der Waals surface area contributed by atoms with Gasteiger partial charge in [0.2, 0.25) is 0 Å². The fourth-order valence-electron chi connectivity index (χ4n) is 1.77. The van der Waals surface area contributed by atoms with E-state index in [1.165, 1.54) is 6.07 Å². The Morgan fingerprint density at radius 2 is 2.00 bits per heavy atom. The zero-order valence-electron chi connectivity index (χ0n) is 11.4. The Bertz CT molecular complexity index is 583. The lowest BCUT2D eigenvalue weighted by molar-refractivity contribution is 0.631. The Morgan fingerprint density at radius 3 is 2.65 bits per heavy atom. The van der Waals surface area contributed by atoms with E-state index in [-0.39, 0.29) is 5.82 Å². The summed E-state index contributed by atoms with van der Waals surface area (Å²) in [5.41, 5.74) is 0.371. The molecule has 1 aromatic carbocycles. The van der Waals surface area contributed by atoms with Crippen LogP contribution in [0.1, 0.15) is 19.2 Å². The van der Waals surface area contributed by atoms with Crippen LogP contribution in [0, 0.1) is 5.82 Å². The molecule has 4 nitrogen and oxygen atoms in total. The van der Waals surface area contributed by atoms with Crippen LogP contribution in [0.4, 0.5) is 21.7 Å². The van der Waals surface area contributed by atoms with E-state index in [1.54, 1.807) is 25.2 Å². The molecule has 0 unspecified atom stereocenters. The number of halogens is 2. The first kappa shape index (κ1) is 14.7. The topological polar surface area (TPSA) is 49.8 Å². The molecule has 1 aromatic heterocycles. The summed E-state index contributed by atoms with van der Waals surface area (Å²) in [6, 6.07) is 6.57. The Hall–Kier alpha value is -1.69. The highest BCUT2D eigenvalue weighted by Gasteiger charge is 2.09. The monoisotopic (exact) mass is 338 g/mol. The number of aromatic nitrogens is 2. The third-order valence-corrected chi connectivity index (χ3v) is 3.38. The van der Waals surface area contributed by atoms with Crippen molar-refractivity contribution in [2.24, 2.45) is 0 Å². The molecule has 106 valence electrons. The Balaban J connectivity index is 2.35. The van der Waals surface area contributed by atoms with Crippen molar-refractivity contribution in [3.63, 3.8) is 0 Å². The molecule has 0 aliphatic heterocycles. The minimum Gasteiger partial charge on any atom is -0.373 e. The zero-order valence-corrected chi connectivity index (χ0v) is 13.0. The second-order valence-electron chi connectivity index (χ2n) is 4.28. The molecule has 0 aliphatic carbocycles. The minimum atomic E-state index is -0.332. The van der Waals surface area contributed by atoms with Crippen molar-refractivity contribution < 1.29 is 4.39 Å². The quantitative estimate of drug-likeness (QED) is 0.861. The normalized spacial score (nSPS) is 10.4. The SMILES string of the molecule is CCCc1nc(NC)cc(Nc2c(F)cccc2Br)n1. The summed E-state index contributed by atoms with van der Waals surface area (Å²) in [5, 5.41) is 5.99. The molecule has 6 heteroatoms. The van der Waals surface area contributed by atoms with Gasteiger partial charge < -0.3 is 10.6 Å². The lowest BCUT2D eigenvalue weighted by Crippen LogP contribution is -2.04. The van der Waals surface area contributed by atoms with E-state index in [9.17, 15) is 4.39 Å². The van der Waals surface area contributed by atoms with Crippen LogP contribution in [0.5, 0.6) is 0 Å². The van der Waals surface area contributed by atoms with Crippen molar-refractivity contribution >= 4 is 33.3 Å². The number of nitrogens with one attached hydrogen (secondary N) is 2. The molecular weight excluding hydrogens is 323 g/mol. The smallest absolute Gasteiger partial charge is 0.147 e. The number of aryl methyl sites for hydroxylation is 1. The Labute approximate surface area is 126 Å². The number of benzene rings is 1. The number of hydrogen-bond donors (Lipinski definition) is 2. The molecule has 2 rings (SSSR count). The van der Waals surface area contributed by atoms with Crippen LogP contribution in [0.15, 0.2) is 28.7 Å². The van der Waals surface area contributed by atoms with E-state index < -0.39 is 0 Å². The van der Waals surface area contributed by atoms with Gasteiger partial charge in [-0.3, -0.25) is 0 Å². The fourth-order valence-corrected chi connectivity index (χ4v) is 2.21. The molecule has 2 aromatic rings. The summed E-state index contributed by atoms with van der Waals surface area (Å²) in [4.78, 5) is 8.76. The summed E-state index contributed by atoms with van der Waals surface area (Å²) < 4.78 is 14.5. The second kappa shape index (κ2) is 6.65. The summed E-state index contributed by atoms with van der Waals surface area (Å²) >= 11 is 3.33. The first-order chi connectivity index (χ1) is 9.63. The van der Waals surface area contributed by atoms with Gasteiger partial charge >= 0.3 is 0 Å². The van der Waals surface area contributed by atoms with Gasteiger partial charge in [0.05, 0.1) is 5.69 Å². The van der Waals surface area contributed by atoms with Gasteiger partial charge in [-0.15, -0.1) is 0 Å². The van der Waals surface area contributed by atoms with Gasteiger partial charge in [0, 0.05) is 24.0 Å². The van der Waals surface area contributed by atoms with Gasteiger partial charge in [-0.1, -0.05) is 13.0 Å². The van der Waals surface area contributed by atoms with E-state index in [0.29, 0.717) is 21.8 Å². The molecule has 2 N–H and O–H groups in total. The molecule has 1 heterocycles. The number of para-hydroxylation sites is 1. The molecule has 0 spiro atoms. The number of hydrogen-bond acceptors (Lipinski definition) is 4. The maximum absolute atomic E-state index is 13.8. The van der Waals surface area contributed by atoms with Gasteiger partial charge in [-0.05, 0) is 34.5 Å². The Kier molecular flexibility index (Phi) is 4.89. The van der Waals surface area contributed by atoms with Crippen LogP contribution in [0.3, 0.4) is 0 Å². The first-order valence-electron chi connectivity index (χ1n) is 6.40. The van der Waals surface area contributed by atoms with Crippen molar-refractivity contribution in [1.82, 2.24) is 9.97 Å². The van der Waals surface area contributed by atoms with Crippen molar-refractivity contribution in [3.8, 4) is 0 Å². The van der Waals surface area contributed by atoms with Crippen molar-refractivity contribution in [1.29, 1.82) is 0 Å². The summed E-state index contributed by atoms with van der Waals surface area (Å²) in [6.45, 7) is 2.07. The predicted octanol–water partition coefficient (Wildman–Crippen LogP) is 4.12. The Morgan fingerprint density at radius 1 is 1.25 bits per heavy atom. The maximum Gasteiger partial charge on any atom is 0.147 e. The molecular formula is C14H16BrFN4.